The number of hydrogen-bond acceptors (Lipinski definition) is 3. The zero-order chi connectivity index (χ0) is 12.2. The predicted molar refractivity (Wildman–Crippen MR) is 71.7 cm³/mol. The van der Waals surface area contributed by atoms with Crippen LogP contribution in [0.5, 0.6) is 0 Å². The van der Waals surface area contributed by atoms with Crippen molar-refractivity contribution in [1.29, 1.82) is 0 Å². The molecule has 0 aromatic heterocycles. The van der Waals surface area contributed by atoms with Crippen molar-refractivity contribution in [3.8, 4) is 0 Å². The first-order chi connectivity index (χ1) is 8.92. The monoisotopic (exact) mass is 258 g/mol. The predicted octanol–water partition coefficient (Wildman–Crippen LogP) is 3.88. The summed E-state index contributed by atoms with van der Waals surface area (Å²) >= 11 is 1.76. The van der Waals surface area contributed by atoms with Crippen LogP contribution in [0.2, 0.25) is 0 Å². The molecule has 0 atom stereocenters. The van der Waals surface area contributed by atoms with Crippen LogP contribution in [-0.4, -0.2) is 13.2 Å². The Morgan fingerprint density at radius 2 is 1.39 bits per heavy atom. The first-order valence-corrected chi connectivity index (χ1v) is 6.79. The SMILES string of the molecule is c1ccc(Sc2ccc(C3OCCO3)cc2)cc1. The minimum absolute atomic E-state index is 0.180. The van der Waals surface area contributed by atoms with E-state index in [4.69, 9.17) is 9.47 Å². The van der Waals surface area contributed by atoms with E-state index in [1.54, 1.807) is 11.8 Å². The molecule has 0 spiro atoms. The zero-order valence-electron chi connectivity index (χ0n) is 9.91. The molecule has 92 valence electrons. The minimum Gasteiger partial charge on any atom is -0.346 e. The lowest BCUT2D eigenvalue weighted by Gasteiger charge is -2.09. The van der Waals surface area contributed by atoms with E-state index in [0.717, 1.165) is 5.56 Å². The van der Waals surface area contributed by atoms with Crippen LogP contribution in [0.25, 0.3) is 0 Å². The highest BCUT2D eigenvalue weighted by atomic mass is 32.2. The fourth-order valence-corrected chi connectivity index (χ4v) is 2.71. The van der Waals surface area contributed by atoms with Crippen LogP contribution in [-0.2, 0) is 9.47 Å². The lowest BCUT2D eigenvalue weighted by Crippen LogP contribution is -1.97. The second-order valence-corrected chi connectivity index (χ2v) is 5.20. The highest BCUT2D eigenvalue weighted by Gasteiger charge is 2.17. The summed E-state index contributed by atoms with van der Waals surface area (Å²) in [6.07, 6.45) is -0.180. The average molecular weight is 258 g/mol. The van der Waals surface area contributed by atoms with Crippen LogP contribution in [0.15, 0.2) is 64.4 Å². The third-order valence-electron chi connectivity index (χ3n) is 2.75. The molecule has 2 nitrogen and oxygen atoms in total. The number of hydrogen-bond donors (Lipinski definition) is 0. The van der Waals surface area contributed by atoms with Crippen LogP contribution < -0.4 is 0 Å². The molecule has 2 aromatic rings. The maximum absolute atomic E-state index is 5.47. The van der Waals surface area contributed by atoms with Crippen LogP contribution >= 0.6 is 11.8 Å². The highest BCUT2D eigenvalue weighted by Crippen LogP contribution is 2.30. The van der Waals surface area contributed by atoms with E-state index < -0.39 is 0 Å². The van der Waals surface area contributed by atoms with Crippen molar-refractivity contribution in [3.05, 3.63) is 60.2 Å². The molecule has 18 heavy (non-hydrogen) atoms. The molecule has 0 saturated carbocycles. The molecule has 0 bridgehead atoms. The Morgan fingerprint density at radius 3 is 2.06 bits per heavy atom. The van der Waals surface area contributed by atoms with Gasteiger partial charge in [-0.2, -0.15) is 0 Å². The molecule has 1 fully saturated rings. The van der Waals surface area contributed by atoms with Gasteiger partial charge in [0.2, 0.25) is 0 Å². The van der Waals surface area contributed by atoms with Gasteiger partial charge in [0.05, 0.1) is 13.2 Å². The van der Waals surface area contributed by atoms with Gasteiger partial charge in [-0.05, 0) is 24.3 Å². The van der Waals surface area contributed by atoms with Gasteiger partial charge in [-0.3, -0.25) is 0 Å². The quantitative estimate of drug-likeness (QED) is 0.832. The first-order valence-electron chi connectivity index (χ1n) is 5.98. The standard InChI is InChI=1S/C15H14O2S/c1-2-4-13(5-3-1)18-14-8-6-12(7-9-14)15-16-10-11-17-15/h1-9,15H,10-11H2. The summed E-state index contributed by atoms with van der Waals surface area (Å²) in [5.41, 5.74) is 1.09. The highest BCUT2D eigenvalue weighted by molar-refractivity contribution is 7.99. The molecule has 0 unspecified atom stereocenters. The second-order valence-electron chi connectivity index (χ2n) is 4.06. The Hall–Kier alpha value is -1.29. The summed E-state index contributed by atoms with van der Waals surface area (Å²) in [7, 11) is 0. The number of benzene rings is 2. The second kappa shape index (κ2) is 5.57. The van der Waals surface area contributed by atoms with E-state index >= 15 is 0 Å². The summed E-state index contributed by atoms with van der Waals surface area (Å²) in [5.74, 6) is 0. The van der Waals surface area contributed by atoms with Crippen molar-refractivity contribution in [2.75, 3.05) is 13.2 Å². The normalized spacial score (nSPS) is 16.0. The molecule has 2 aromatic carbocycles. The fourth-order valence-electron chi connectivity index (χ4n) is 1.87. The van der Waals surface area contributed by atoms with Gasteiger partial charge in [-0.1, -0.05) is 42.1 Å². The number of ether oxygens (including phenoxy) is 2. The molecular weight excluding hydrogens is 244 g/mol. The smallest absolute Gasteiger partial charge is 0.184 e. The van der Waals surface area contributed by atoms with Gasteiger partial charge in [-0.15, -0.1) is 0 Å². The largest absolute Gasteiger partial charge is 0.346 e. The van der Waals surface area contributed by atoms with E-state index in [1.807, 2.05) is 6.07 Å². The first kappa shape index (κ1) is 11.8. The van der Waals surface area contributed by atoms with Crippen molar-refractivity contribution in [2.45, 2.75) is 16.1 Å². The van der Waals surface area contributed by atoms with Crippen LogP contribution in [0.1, 0.15) is 11.9 Å². The Balaban J connectivity index is 1.71. The minimum atomic E-state index is -0.180. The van der Waals surface area contributed by atoms with Crippen molar-refractivity contribution >= 4 is 11.8 Å². The van der Waals surface area contributed by atoms with Gasteiger partial charge >= 0.3 is 0 Å². The molecule has 1 aliphatic rings. The van der Waals surface area contributed by atoms with Crippen molar-refractivity contribution in [3.63, 3.8) is 0 Å². The lowest BCUT2D eigenvalue weighted by atomic mass is 10.2. The van der Waals surface area contributed by atoms with Crippen molar-refractivity contribution in [2.24, 2.45) is 0 Å². The maximum Gasteiger partial charge on any atom is 0.184 e. The molecule has 0 radical (unpaired) electrons. The summed E-state index contributed by atoms with van der Waals surface area (Å²) in [6.45, 7) is 1.37. The van der Waals surface area contributed by atoms with E-state index in [1.165, 1.54) is 9.79 Å². The topological polar surface area (TPSA) is 18.5 Å². The third kappa shape index (κ3) is 2.75. The van der Waals surface area contributed by atoms with Crippen LogP contribution in [0.4, 0.5) is 0 Å². The van der Waals surface area contributed by atoms with Gasteiger partial charge in [-0.25, -0.2) is 0 Å². The Bertz CT molecular complexity index is 490. The van der Waals surface area contributed by atoms with Gasteiger partial charge < -0.3 is 9.47 Å². The Morgan fingerprint density at radius 1 is 0.778 bits per heavy atom. The lowest BCUT2D eigenvalue weighted by molar-refractivity contribution is -0.0441. The van der Waals surface area contributed by atoms with Crippen molar-refractivity contribution in [1.82, 2.24) is 0 Å². The molecule has 1 aliphatic heterocycles. The average Bonchev–Trinajstić information content (AvgIpc) is 2.95. The van der Waals surface area contributed by atoms with Crippen LogP contribution in [0, 0.1) is 0 Å². The molecule has 3 heteroatoms. The molecule has 3 rings (SSSR count). The Labute approximate surface area is 111 Å². The molecule has 0 aliphatic carbocycles. The summed E-state index contributed by atoms with van der Waals surface area (Å²) in [4.78, 5) is 2.47. The fraction of sp³-hybridized carbons (Fsp3) is 0.200. The van der Waals surface area contributed by atoms with Crippen molar-refractivity contribution < 1.29 is 9.47 Å². The molecule has 1 saturated heterocycles. The number of rotatable bonds is 3. The van der Waals surface area contributed by atoms with Gasteiger partial charge in [0.15, 0.2) is 6.29 Å². The van der Waals surface area contributed by atoms with Gasteiger partial charge in [0, 0.05) is 15.4 Å². The molecule has 0 amide bonds. The van der Waals surface area contributed by atoms with Gasteiger partial charge in [0.1, 0.15) is 0 Å². The maximum atomic E-state index is 5.47. The molecule has 0 N–H and O–H groups in total. The third-order valence-corrected chi connectivity index (χ3v) is 3.77. The molecule has 1 heterocycles. The summed E-state index contributed by atoms with van der Waals surface area (Å²) in [6, 6.07) is 18.7. The van der Waals surface area contributed by atoms with E-state index in [0.29, 0.717) is 13.2 Å². The van der Waals surface area contributed by atoms with Gasteiger partial charge in [0.25, 0.3) is 0 Å². The van der Waals surface area contributed by atoms with Crippen LogP contribution in [0.3, 0.4) is 0 Å². The van der Waals surface area contributed by atoms with E-state index in [2.05, 4.69) is 48.5 Å². The summed E-state index contributed by atoms with van der Waals surface area (Å²) in [5, 5.41) is 0. The molecular formula is C15H14O2S. The van der Waals surface area contributed by atoms with E-state index in [9.17, 15) is 0 Å². The van der Waals surface area contributed by atoms with E-state index in [-0.39, 0.29) is 6.29 Å². The summed E-state index contributed by atoms with van der Waals surface area (Å²) < 4.78 is 10.9. The zero-order valence-corrected chi connectivity index (χ0v) is 10.7. The Kier molecular flexibility index (Phi) is 3.64.